The van der Waals surface area contributed by atoms with Gasteiger partial charge in [-0.05, 0) is 42.7 Å². The zero-order chi connectivity index (χ0) is 17.2. The molecule has 1 N–H and O–H groups in total. The van der Waals surface area contributed by atoms with Crippen molar-refractivity contribution in [2.75, 3.05) is 21.9 Å². The molecule has 1 aromatic carbocycles. The minimum absolute atomic E-state index is 0.0732. The Bertz CT molecular complexity index is 851. The van der Waals surface area contributed by atoms with Gasteiger partial charge in [0.05, 0.1) is 11.4 Å². The Morgan fingerprint density at radius 3 is 2.71 bits per heavy atom. The number of carbonyl (C=O) groups excluding carboxylic acids is 1. The van der Waals surface area contributed by atoms with E-state index < -0.39 is 10.0 Å². The fourth-order valence-electron chi connectivity index (χ4n) is 2.80. The van der Waals surface area contributed by atoms with Gasteiger partial charge in [-0.1, -0.05) is 13.0 Å². The summed E-state index contributed by atoms with van der Waals surface area (Å²) in [4.78, 5) is 18.3. The number of sulfonamides is 1. The summed E-state index contributed by atoms with van der Waals surface area (Å²) in [6, 6.07) is 8.70. The average Bonchev–Trinajstić information content (AvgIpc) is 2.97. The molecule has 0 bridgehead atoms. The van der Waals surface area contributed by atoms with Crippen molar-refractivity contribution in [3.63, 3.8) is 0 Å². The zero-order valence-electron chi connectivity index (χ0n) is 13.4. The van der Waals surface area contributed by atoms with Crippen LogP contribution >= 0.6 is 0 Å². The maximum absolute atomic E-state index is 12.7. The van der Waals surface area contributed by atoms with Crippen LogP contribution in [-0.4, -0.2) is 31.6 Å². The van der Waals surface area contributed by atoms with Crippen molar-refractivity contribution in [1.29, 1.82) is 0 Å². The van der Waals surface area contributed by atoms with Gasteiger partial charge in [0.2, 0.25) is 10.0 Å². The predicted molar refractivity (Wildman–Crippen MR) is 93.8 cm³/mol. The summed E-state index contributed by atoms with van der Waals surface area (Å²) in [6.45, 7) is 2.40. The first-order valence-electron chi connectivity index (χ1n) is 7.85. The number of anilines is 2. The van der Waals surface area contributed by atoms with Crippen LogP contribution in [0.5, 0.6) is 0 Å². The van der Waals surface area contributed by atoms with Crippen LogP contribution in [-0.2, 0) is 16.4 Å². The smallest absolute Gasteiger partial charge is 0.258 e. The van der Waals surface area contributed by atoms with Crippen molar-refractivity contribution in [2.45, 2.75) is 19.8 Å². The summed E-state index contributed by atoms with van der Waals surface area (Å²) in [5.41, 5.74) is 2.84. The highest BCUT2D eigenvalue weighted by Gasteiger charge is 2.26. The van der Waals surface area contributed by atoms with Gasteiger partial charge in [-0.15, -0.1) is 0 Å². The van der Waals surface area contributed by atoms with E-state index in [2.05, 4.69) is 9.71 Å². The summed E-state index contributed by atoms with van der Waals surface area (Å²) < 4.78 is 26.4. The molecular weight excluding hydrogens is 326 g/mol. The first kappa shape index (κ1) is 16.4. The normalized spacial score (nSPS) is 13.6. The lowest BCUT2D eigenvalue weighted by molar-refractivity contribution is 0.0989. The lowest BCUT2D eigenvalue weighted by atomic mass is 10.1. The lowest BCUT2D eigenvalue weighted by Gasteiger charge is -2.18. The number of hydrogen-bond donors (Lipinski definition) is 1. The number of amides is 1. The maximum Gasteiger partial charge on any atom is 0.258 e. The average molecular weight is 345 g/mol. The second-order valence-electron chi connectivity index (χ2n) is 5.71. The molecule has 2 aromatic rings. The zero-order valence-corrected chi connectivity index (χ0v) is 14.2. The number of hydrogen-bond acceptors (Lipinski definition) is 4. The van der Waals surface area contributed by atoms with E-state index in [-0.39, 0.29) is 11.7 Å². The number of nitrogens with zero attached hydrogens (tertiary/aromatic N) is 2. The third-order valence-electron chi connectivity index (χ3n) is 3.90. The molecule has 1 aliphatic heterocycles. The molecule has 1 aliphatic rings. The molecule has 0 unspecified atom stereocenters. The van der Waals surface area contributed by atoms with E-state index in [9.17, 15) is 13.2 Å². The molecule has 126 valence electrons. The van der Waals surface area contributed by atoms with Gasteiger partial charge >= 0.3 is 0 Å². The monoisotopic (exact) mass is 345 g/mol. The third kappa shape index (κ3) is 3.41. The molecule has 1 aromatic heterocycles. The van der Waals surface area contributed by atoms with Gasteiger partial charge < -0.3 is 4.90 Å². The molecule has 0 radical (unpaired) electrons. The molecule has 0 spiro atoms. The molecule has 1 amide bonds. The van der Waals surface area contributed by atoms with Crippen molar-refractivity contribution in [1.82, 2.24) is 4.98 Å². The standard InChI is InChI=1S/C17H19N3O3S/c1-2-11-24(22,23)19-15-4-3-13-7-10-20(16(13)12-15)17(21)14-5-8-18-9-6-14/h3-6,8-9,12,19H,2,7,10-11H2,1H3. The summed E-state index contributed by atoms with van der Waals surface area (Å²) in [5.74, 6) is -0.0336. The summed E-state index contributed by atoms with van der Waals surface area (Å²) >= 11 is 0. The van der Waals surface area contributed by atoms with Gasteiger partial charge in [0.15, 0.2) is 0 Å². The largest absolute Gasteiger partial charge is 0.308 e. The number of rotatable bonds is 5. The van der Waals surface area contributed by atoms with Gasteiger partial charge in [0.25, 0.3) is 5.91 Å². The second-order valence-corrected chi connectivity index (χ2v) is 7.55. The molecule has 3 rings (SSSR count). The first-order chi connectivity index (χ1) is 11.5. The maximum atomic E-state index is 12.7. The number of aromatic nitrogens is 1. The fraction of sp³-hybridized carbons (Fsp3) is 0.294. The fourth-order valence-corrected chi connectivity index (χ4v) is 3.93. The number of benzene rings is 1. The number of carbonyl (C=O) groups is 1. The molecule has 0 saturated heterocycles. The van der Waals surface area contributed by atoms with Crippen LogP contribution < -0.4 is 9.62 Å². The second kappa shape index (κ2) is 6.60. The van der Waals surface area contributed by atoms with Gasteiger partial charge in [0, 0.05) is 30.2 Å². The van der Waals surface area contributed by atoms with Gasteiger partial charge in [-0.25, -0.2) is 8.42 Å². The van der Waals surface area contributed by atoms with Crippen molar-refractivity contribution in [3.8, 4) is 0 Å². The Kier molecular flexibility index (Phi) is 4.53. The molecular formula is C17H19N3O3S. The SMILES string of the molecule is CCCS(=O)(=O)Nc1ccc2c(c1)N(C(=O)c1ccncc1)CC2. The highest BCUT2D eigenvalue weighted by Crippen LogP contribution is 2.32. The predicted octanol–water partition coefficient (Wildman–Crippen LogP) is 2.44. The highest BCUT2D eigenvalue weighted by molar-refractivity contribution is 7.92. The van der Waals surface area contributed by atoms with E-state index in [4.69, 9.17) is 0 Å². The van der Waals surface area contributed by atoms with Gasteiger partial charge in [0.1, 0.15) is 0 Å². The Morgan fingerprint density at radius 1 is 1.25 bits per heavy atom. The quantitative estimate of drug-likeness (QED) is 0.903. The molecule has 0 aliphatic carbocycles. The van der Waals surface area contributed by atoms with Crippen LogP contribution in [0.2, 0.25) is 0 Å². The molecule has 24 heavy (non-hydrogen) atoms. The molecule has 7 heteroatoms. The number of fused-ring (bicyclic) bond motifs is 1. The molecule has 6 nitrogen and oxygen atoms in total. The first-order valence-corrected chi connectivity index (χ1v) is 9.51. The van der Waals surface area contributed by atoms with Crippen LogP contribution in [0.25, 0.3) is 0 Å². The van der Waals surface area contributed by atoms with E-state index in [1.54, 1.807) is 41.6 Å². The van der Waals surface area contributed by atoms with E-state index >= 15 is 0 Å². The van der Waals surface area contributed by atoms with Crippen LogP contribution in [0.3, 0.4) is 0 Å². The number of pyridine rings is 1. The molecule has 0 saturated carbocycles. The van der Waals surface area contributed by atoms with E-state index in [0.717, 1.165) is 17.7 Å². The Balaban J connectivity index is 1.88. The van der Waals surface area contributed by atoms with Crippen molar-refractivity contribution in [2.24, 2.45) is 0 Å². The van der Waals surface area contributed by atoms with E-state index in [0.29, 0.717) is 24.2 Å². The van der Waals surface area contributed by atoms with Crippen LogP contribution in [0.1, 0.15) is 29.3 Å². The highest BCUT2D eigenvalue weighted by atomic mass is 32.2. The minimum atomic E-state index is -3.35. The topological polar surface area (TPSA) is 79.4 Å². The van der Waals surface area contributed by atoms with Gasteiger partial charge in [-0.3, -0.25) is 14.5 Å². The van der Waals surface area contributed by atoms with Crippen molar-refractivity contribution >= 4 is 27.3 Å². The number of nitrogens with one attached hydrogen (secondary N) is 1. The Morgan fingerprint density at radius 2 is 2.00 bits per heavy atom. The Labute approximate surface area is 141 Å². The van der Waals surface area contributed by atoms with E-state index in [1.807, 2.05) is 13.0 Å². The molecule has 0 atom stereocenters. The molecule has 2 heterocycles. The Hall–Kier alpha value is -2.41. The van der Waals surface area contributed by atoms with Crippen molar-refractivity contribution in [3.05, 3.63) is 53.9 Å². The molecule has 0 fully saturated rings. The minimum Gasteiger partial charge on any atom is -0.308 e. The lowest BCUT2D eigenvalue weighted by Crippen LogP contribution is -2.29. The van der Waals surface area contributed by atoms with Crippen LogP contribution in [0.4, 0.5) is 11.4 Å². The van der Waals surface area contributed by atoms with Crippen molar-refractivity contribution < 1.29 is 13.2 Å². The summed E-state index contributed by atoms with van der Waals surface area (Å²) in [5, 5.41) is 0. The van der Waals surface area contributed by atoms with Gasteiger partial charge in [-0.2, -0.15) is 0 Å². The van der Waals surface area contributed by atoms with Crippen LogP contribution in [0.15, 0.2) is 42.7 Å². The summed E-state index contributed by atoms with van der Waals surface area (Å²) in [7, 11) is -3.35. The van der Waals surface area contributed by atoms with E-state index in [1.165, 1.54) is 0 Å². The third-order valence-corrected chi connectivity index (χ3v) is 5.39. The van der Waals surface area contributed by atoms with Crippen LogP contribution in [0, 0.1) is 0 Å². The summed E-state index contributed by atoms with van der Waals surface area (Å²) in [6.07, 6.45) is 4.47.